The van der Waals surface area contributed by atoms with Gasteiger partial charge in [-0.15, -0.1) is 0 Å². The summed E-state index contributed by atoms with van der Waals surface area (Å²) in [5.41, 5.74) is -1.45. The molecule has 0 amide bonds. The van der Waals surface area contributed by atoms with Crippen LogP contribution in [0.1, 0.15) is 83.1 Å². The predicted octanol–water partition coefficient (Wildman–Crippen LogP) is 8.55. The van der Waals surface area contributed by atoms with Gasteiger partial charge in [-0.3, -0.25) is 0 Å². The largest absolute Gasteiger partial charge is 0.484 e. The zero-order valence-corrected chi connectivity index (χ0v) is 23.3. The Hall–Kier alpha value is -2.01. The minimum atomic E-state index is -0.380. The standard InChI is InChI=1S/C28H42O4S/c1-25(2,3)29-19-15-13-17-21(23(19)31-27(7,8)9)33-22-18-14-16-20(30-26(4,5)6)24(22)32-28(10,11)12/h13-18H,1-12H3. The summed E-state index contributed by atoms with van der Waals surface area (Å²) >= 11 is 1.59. The van der Waals surface area contributed by atoms with Crippen LogP contribution in [0.3, 0.4) is 0 Å². The van der Waals surface area contributed by atoms with Gasteiger partial charge in [0.05, 0.1) is 9.79 Å². The molecule has 0 aromatic heterocycles. The van der Waals surface area contributed by atoms with Crippen LogP contribution in [0.25, 0.3) is 0 Å². The highest BCUT2D eigenvalue weighted by atomic mass is 32.2. The molecule has 0 saturated carbocycles. The fraction of sp³-hybridized carbons (Fsp3) is 0.571. The molecule has 0 saturated heterocycles. The maximum absolute atomic E-state index is 6.42. The maximum atomic E-state index is 6.42. The average molecular weight is 475 g/mol. The molecule has 2 aromatic carbocycles. The topological polar surface area (TPSA) is 36.9 Å². The first-order chi connectivity index (χ1) is 14.8. The van der Waals surface area contributed by atoms with Gasteiger partial charge in [-0.2, -0.15) is 0 Å². The first-order valence-corrected chi connectivity index (χ1v) is 12.3. The van der Waals surface area contributed by atoms with Gasteiger partial charge in [0.15, 0.2) is 23.0 Å². The zero-order chi connectivity index (χ0) is 25.2. The van der Waals surface area contributed by atoms with Crippen molar-refractivity contribution in [2.24, 2.45) is 0 Å². The zero-order valence-electron chi connectivity index (χ0n) is 22.5. The highest BCUT2D eigenvalue weighted by Crippen LogP contribution is 2.48. The monoisotopic (exact) mass is 474 g/mol. The van der Waals surface area contributed by atoms with E-state index < -0.39 is 0 Å². The number of benzene rings is 2. The first-order valence-electron chi connectivity index (χ1n) is 11.5. The normalized spacial score (nSPS) is 13.0. The second-order valence-electron chi connectivity index (χ2n) is 12.1. The van der Waals surface area contributed by atoms with Gasteiger partial charge in [0, 0.05) is 0 Å². The molecule has 0 fully saturated rings. The van der Waals surface area contributed by atoms with Crippen molar-refractivity contribution in [3.05, 3.63) is 36.4 Å². The molecule has 0 spiro atoms. The van der Waals surface area contributed by atoms with Gasteiger partial charge in [0.1, 0.15) is 22.4 Å². The molecule has 184 valence electrons. The molecule has 0 aliphatic rings. The van der Waals surface area contributed by atoms with Crippen molar-refractivity contribution in [2.45, 2.75) is 115 Å². The Balaban J connectivity index is 2.61. The summed E-state index contributed by atoms with van der Waals surface area (Å²) in [5.74, 6) is 2.91. The quantitative estimate of drug-likeness (QED) is 0.419. The molecule has 0 unspecified atom stereocenters. The lowest BCUT2D eigenvalue weighted by molar-refractivity contribution is 0.0920. The molecule has 0 heterocycles. The molecule has 2 rings (SSSR count). The third-order valence-electron chi connectivity index (χ3n) is 3.75. The van der Waals surface area contributed by atoms with Crippen molar-refractivity contribution in [2.75, 3.05) is 0 Å². The average Bonchev–Trinajstić information content (AvgIpc) is 2.56. The molecule has 0 radical (unpaired) electrons. The number of para-hydroxylation sites is 2. The third kappa shape index (κ3) is 9.40. The molecule has 0 aliphatic carbocycles. The van der Waals surface area contributed by atoms with Gasteiger partial charge >= 0.3 is 0 Å². The second-order valence-corrected chi connectivity index (χ2v) is 13.2. The van der Waals surface area contributed by atoms with Crippen molar-refractivity contribution < 1.29 is 18.9 Å². The maximum Gasteiger partial charge on any atom is 0.175 e. The van der Waals surface area contributed by atoms with Crippen LogP contribution in [-0.4, -0.2) is 22.4 Å². The lowest BCUT2D eigenvalue weighted by atomic mass is 10.1. The third-order valence-corrected chi connectivity index (χ3v) is 4.84. The van der Waals surface area contributed by atoms with Gasteiger partial charge in [-0.1, -0.05) is 23.9 Å². The minimum absolute atomic E-state index is 0.347. The van der Waals surface area contributed by atoms with E-state index >= 15 is 0 Å². The highest BCUT2D eigenvalue weighted by molar-refractivity contribution is 7.99. The molecule has 5 heteroatoms. The fourth-order valence-corrected chi connectivity index (χ4v) is 3.90. The van der Waals surface area contributed by atoms with Crippen molar-refractivity contribution in [3.63, 3.8) is 0 Å². The van der Waals surface area contributed by atoms with Crippen LogP contribution in [-0.2, 0) is 0 Å². The number of hydrogen-bond donors (Lipinski definition) is 0. The summed E-state index contributed by atoms with van der Waals surface area (Å²) in [6, 6.07) is 12.0. The van der Waals surface area contributed by atoms with E-state index in [1.54, 1.807) is 11.8 Å². The summed E-state index contributed by atoms with van der Waals surface area (Å²) in [6.45, 7) is 24.5. The molecule has 0 aliphatic heterocycles. The van der Waals surface area contributed by atoms with Crippen LogP contribution in [0.4, 0.5) is 0 Å². The first kappa shape index (κ1) is 27.2. The summed E-state index contributed by atoms with van der Waals surface area (Å²) in [6.07, 6.45) is 0. The van der Waals surface area contributed by atoms with Crippen LogP contribution in [0.5, 0.6) is 23.0 Å². The highest BCUT2D eigenvalue weighted by Gasteiger charge is 2.26. The van der Waals surface area contributed by atoms with Gasteiger partial charge in [0.25, 0.3) is 0 Å². The van der Waals surface area contributed by atoms with E-state index in [9.17, 15) is 0 Å². The Morgan fingerprint density at radius 3 is 1.03 bits per heavy atom. The van der Waals surface area contributed by atoms with Crippen LogP contribution >= 0.6 is 11.8 Å². The van der Waals surface area contributed by atoms with Gasteiger partial charge in [0.2, 0.25) is 0 Å². The smallest absolute Gasteiger partial charge is 0.175 e. The Bertz CT molecular complexity index is 861. The summed E-state index contributed by atoms with van der Waals surface area (Å²) in [7, 11) is 0. The van der Waals surface area contributed by atoms with E-state index in [-0.39, 0.29) is 22.4 Å². The molecule has 4 nitrogen and oxygen atoms in total. The van der Waals surface area contributed by atoms with Crippen LogP contribution < -0.4 is 18.9 Å². The molecule has 0 atom stereocenters. The van der Waals surface area contributed by atoms with Gasteiger partial charge < -0.3 is 18.9 Å². The summed E-state index contributed by atoms with van der Waals surface area (Å²) in [4.78, 5) is 1.91. The molecule has 2 aromatic rings. The van der Waals surface area contributed by atoms with E-state index in [4.69, 9.17) is 18.9 Å². The Morgan fingerprint density at radius 2 is 0.758 bits per heavy atom. The Kier molecular flexibility index (Phi) is 8.00. The predicted molar refractivity (Wildman–Crippen MR) is 139 cm³/mol. The van der Waals surface area contributed by atoms with Crippen molar-refractivity contribution >= 4 is 11.8 Å². The molecule has 0 bridgehead atoms. The van der Waals surface area contributed by atoms with Crippen molar-refractivity contribution in [3.8, 4) is 23.0 Å². The van der Waals surface area contributed by atoms with Crippen LogP contribution in [0, 0.1) is 0 Å². The lowest BCUT2D eigenvalue weighted by Crippen LogP contribution is -2.27. The lowest BCUT2D eigenvalue weighted by Gasteiger charge is -2.30. The number of ether oxygens (including phenoxy) is 4. The van der Waals surface area contributed by atoms with E-state index in [2.05, 4.69) is 12.1 Å². The van der Waals surface area contributed by atoms with Gasteiger partial charge in [-0.25, -0.2) is 0 Å². The number of rotatable bonds is 6. The number of hydrogen-bond acceptors (Lipinski definition) is 5. The van der Waals surface area contributed by atoms with Gasteiger partial charge in [-0.05, 0) is 107 Å². The molecule has 33 heavy (non-hydrogen) atoms. The Morgan fingerprint density at radius 1 is 0.455 bits per heavy atom. The molecular formula is C28H42O4S. The molecular weight excluding hydrogens is 432 g/mol. The van der Waals surface area contributed by atoms with Crippen molar-refractivity contribution in [1.82, 2.24) is 0 Å². The minimum Gasteiger partial charge on any atom is -0.484 e. The second kappa shape index (κ2) is 9.69. The Labute approximate surface area is 205 Å². The molecule has 0 N–H and O–H groups in total. The fourth-order valence-electron chi connectivity index (χ4n) is 2.90. The van der Waals surface area contributed by atoms with Crippen molar-refractivity contribution in [1.29, 1.82) is 0 Å². The van der Waals surface area contributed by atoms with E-state index in [1.807, 2.05) is 107 Å². The van der Waals surface area contributed by atoms with E-state index in [0.717, 1.165) is 32.8 Å². The summed E-state index contributed by atoms with van der Waals surface area (Å²) in [5, 5.41) is 0. The van der Waals surface area contributed by atoms with E-state index in [1.165, 1.54) is 0 Å². The van der Waals surface area contributed by atoms with E-state index in [0.29, 0.717) is 0 Å². The van der Waals surface area contributed by atoms with Crippen LogP contribution in [0.2, 0.25) is 0 Å². The summed E-state index contributed by atoms with van der Waals surface area (Å²) < 4.78 is 25.4. The van der Waals surface area contributed by atoms with Crippen LogP contribution in [0.15, 0.2) is 46.2 Å². The SMILES string of the molecule is CC(C)(C)Oc1cccc(Sc2cccc(OC(C)(C)C)c2OC(C)(C)C)c1OC(C)(C)C.